The number of aliphatic hydroxyl groups is 1. The fraction of sp³-hybridized carbons (Fsp3) is 0.385. The van der Waals surface area contributed by atoms with Gasteiger partial charge >= 0.3 is 5.97 Å². The molecule has 15 heteroatoms. The summed E-state index contributed by atoms with van der Waals surface area (Å²) in [5, 5.41) is 46.1. The number of esters is 1. The number of hydrogen-bond acceptors (Lipinski definition) is 12. The predicted molar refractivity (Wildman–Crippen MR) is 198 cm³/mol. The molecule has 2 atom stereocenters. The molecule has 0 aliphatic rings. The van der Waals surface area contributed by atoms with Crippen molar-refractivity contribution in [1.82, 2.24) is 40.9 Å². The van der Waals surface area contributed by atoms with Crippen LogP contribution in [0.2, 0.25) is 0 Å². The van der Waals surface area contributed by atoms with Gasteiger partial charge in [-0.2, -0.15) is 5.21 Å². The number of aryl methyl sites for hydroxylation is 1. The van der Waals surface area contributed by atoms with Crippen LogP contribution in [-0.2, 0) is 39.4 Å². The van der Waals surface area contributed by atoms with E-state index in [0.29, 0.717) is 37.3 Å². The molecule has 1 amide bonds. The van der Waals surface area contributed by atoms with Crippen LogP contribution in [0.3, 0.4) is 0 Å². The molecule has 0 fully saturated rings. The highest BCUT2D eigenvalue weighted by Crippen LogP contribution is 2.31. The first-order valence-corrected chi connectivity index (χ1v) is 18.0. The molecule has 5 N–H and O–H groups in total. The van der Waals surface area contributed by atoms with Gasteiger partial charge in [-0.15, -0.1) is 10.2 Å². The number of H-pyrrole nitrogens is 1. The molecule has 0 aliphatic heterocycles. The molecule has 15 nitrogen and oxygen atoms in total. The van der Waals surface area contributed by atoms with Gasteiger partial charge in [0, 0.05) is 24.9 Å². The zero-order valence-corrected chi connectivity index (χ0v) is 31.0. The summed E-state index contributed by atoms with van der Waals surface area (Å²) in [6, 6.07) is 24.0. The lowest BCUT2D eigenvalue weighted by molar-refractivity contribution is -0.503. The summed E-state index contributed by atoms with van der Waals surface area (Å²) in [7, 11) is 0. The number of hydrogen-bond donors (Lipinski definition) is 5. The molecule has 2 aromatic heterocycles. The number of ether oxygens (including phenoxy) is 1. The van der Waals surface area contributed by atoms with Crippen molar-refractivity contribution in [1.29, 1.82) is 0 Å². The Morgan fingerprint density at radius 3 is 2.31 bits per heavy atom. The third-order valence-electron chi connectivity index (χ3n) is 8.83. The topological polar surface area (TPSA) is 201 Å². The normalized spacial score (nSPS) is 12.8. The fourth-order valence-corrected chi connectivity index (χ4v) is 6.21. The Labute approximate surface area is 313 Å². The second-order valence-corrected chi connectivity index (χ2v) is 13.6. The van der Waals surface area contributed by atoms with Crippen molar-refractivity contribution in [2.45, 2.75) is 90.5 Å². The van der Waals surface area contributed by atoms with Gasteiger partial charge in [-0.1, -0.05) is 85.8 Å². The molecule has 0 saturated carbocycles. The highest BCUT2D eigenvalue weighted by Gasteiger charge is 2.34. The molecular formula is C39H48N8O7. The number of aromatic amines is 1. The minimum atomic E-state index is -1.47. The van der Waals surface area contributed by atoms with Crippen molar-refractivity contribution in [3.8, 4) is 22.5 Å². The third kappa shape index (κ3) is 10.6. The number of tetrazole rings is 1. The van der Waals surface area contributed by atoms with Gasteiger partial charge in [0.2, 0.25) is 5.82 Å². The molecule has 54 heavy (non-hydrogen) atoms. The van der Waals surface area contributed by atoms with E-state index in [0.717, 1.165) is 34.2 Å². The van der Waals surface area contributed by atoms with Crippen LogP contribution in [-0.4, -0.2) is 81.7 Å². The molecule has 2 unspecified atom stereocenters. The van der Waals surface area contributed by atoms with Crippen LogP contribution in [0.25, 0.3) is 22.5 Å². The van der Waals surface area contributed by atoms with Crippen molar-refractivity contribution >= 4 is 11.9 Å². The van der Waals surface area contributed by atoms with Crippen LogP contribution < -0.4 is 5.32 Å². The van der Waals surface area contributed by atoms with E-state index < -0.39 is 29.6 Å². The number of nitrogens with zero attached hydrogens (tertiary/aromatic N) is 6. The first-order valence-electron chi connectivity index (χ1n) is 18.0. The Morgan fingerprint density at radius 1 is 0.963 bits per heavy atom. The van der Waals surface area contributed by atoms with Crippen LogP contribution >= 0.6 is 0 Å². The standard InChI is InChI=1S/C39H48N8O7/c1-5-13-33-41-35(39(3,4)50)34(46(33)25-28-19-21-29(22-20-28)30-17-9-10-18-31(30)36-42-44-45-43-36)37(48)40-32(24-27-15-7-6-8-16-27)38(49)53-23-12-11-14-26(2)54-47(51)52/h6-10,15-22,26,32,50-52H,5,11-14,23-25H2,1-4H3,(H,40,48)(H,42,43,44,45). The summed E-state index contributed by atoms with van der Waals surface area (Å²) in [4.78, 5) is 37.5. The van der Waals surface area contributed by atoms with Crippen LogP contribution in [0.5, 0.6) is 0 Å². The van der Waals surface area contributed by atoms with Gasteiger partial charge < -0.3 is 19.7 Å². The van der Waals surface area contributed by atoms with Gasteiger partial charge in [0.05, 0.1) is 18.1 Å². The molecular weight excluding hydrogens is 692 g/mol. The van der Waals surface area contributed by atoms with Crippen molar-refractivity contribution in [3.05, 3.63) is 107 Å². The molecule has 3 aromatic carbocycles. The third-order valence-corrected chi connectivity index (χ3v) is 8.83. The minimum Gasteiger partial charge on any atom is -0.464 e. The summed E-state index contributed by atoms with van der Waals surface area (Å²) in [5.74, 6) is -0.0402. The van der Waals surface area contributed by atoms with Crippen molar-refractivity contribution < 1.29 is 34.7 Å². The Kier molecular flexibility index (Phi) is 13.8. The largest absolute Gasteiger partial charge is 0.464 e. The lowest BCUT2D eigenvalue weighted by atomic mass is 9.98. The van der Waals surface area contributed by atoms with Gasteiger partial charge in [-0.05, 0) is 73.9 Å². The van der Waals surface area contributed by atoms with Crippen molar-refractivity contribution in [3.63, 3.8) is 0 Å². The molecule has 5 aromatic rings. The number of amides is 1. The number of carbonyl (C=O) groups excluding carboxylic acids is 2. The molecule has 286 valence electrons. The molecule has 0 aliphatic carbocycles. The lowest BCUT2D eigenvalue weighted by Crippen LogP contribution is -2.45. The van der Waals surface area contributed by atoms with E-state index in [1.54, 1.807) is 20.8 Å². The van der Waals surface area contributed by atoms with Gasteiger partial charge in [0.1, 0.15) is 28.9 Å². The average molecular weight is 741 g/mol. The quantitative estimate of drug-likeness (QED) is 0.0410. The van der Waals surface area contributed by atoms with Gasteiger partial charge in [-0.25, -0.2) is 14.6 Å². The van der Waals surface area contributed by atoms with E-state index in [-0.39, 0.29) is 36.4 Å². The van der Waals surface area contributed by atoms with E-state index in [1.165, 1.54) is 0 Å². The maximum absolute atomic E-state index is 14.4. The molecule has 2 heterocycles. The van der Waals surface area contributed by atoms with E-state index >= 15 is 0 Å². The molecule has 0 radical (unpaired) electrons. The van der Waals surface area contributed by atoms with Crippen LogP contribution in [0.15, 0.2) is 78.9 Å². The molecule has 5 rings (SSSR count). The summed E-state index contributed by atoms with van der Waals surface area (Å²) >= 11 is 0. The first-order chi connectivity index (χ1) is 25.9. The minimum absolute atomic E-state index is 0.0950. The summed E-state index contributed by atoms with van der Waals surface area (Å²) in [5.41, 5.74) is 3.34. The molecule has 0 bridgehead atoms. The Bertz CT molecular complexity index is 1940. The smallest absolute Gasteiger partial charge is 0.328 e. The second kappa shape index (κ2) is 18.6. The highest BCUT2D eigenvalue weighted by molar-refractivity contribution is 5.97. The highest BCUT2D eigenvalue weighted by atomic mass is 17.1. The number of rotatable bonds is 19. The van der Waals surface area contributed by atoms with E-state index in [1.807, 2.05) is 90.4 Å². The molecule has 0 spiro atoms. The number of benzene rings is 3. The summed E-state index contributed by atoms with van der Waals surface area (Å²) in [6.07, 6.45) is 2.63. The number of aromatic nitrogens is 6. The Balaban J connectivity index is 1.40. The summed E-state index contributed by atoms with van der Waals surface area (Å²) < 4.78 is 7.46. The van der Waals surface area contributed by atoms with Gasteiger partial charge in [0.15, 0.2) is 0 Å². The van der Waals surface area contributed by atoms with Crippen LogP contribution in [0.4, 0.5) is 0 Å². The fourth-order valence-electron chi connectivity index (χ4n) is 6.21. The second-order valence-electron chi connectivity index (χ2n) is 13.6. The Morgan fingerprint density at radius 2 is 1.67 bits per heavy atom. The predicted octanol–water partition coefficient (Wildman–Crippen LogP) is 5.41. The molecule has 0 saturated heterocycles. The van der Waals surface area contributed by atoms with E-state index in [4.69, 9.17) is 25.0 Å². The maximum atomic E-state index is 14.4. The zero-order chi connectivity index (χ0) is 38.7. The van der Waals surface area contributed by atoms with Crippen LogP contribution in [0.1, 0.15) is 86.5 Å². The van der Waals surface area contributed by atoms with E-state index in [2.05, 4.69) is 25.9 Å². The van der Waals surface area contributed by atoms with Crippen molar-refractivity contribution in [2.24, 2.45) is 0 Å². The maximum Gasteiger partial charge on any atom is 0.328 e. The Hall–Kier alpha value is -5.32. The zero-order valence-electron chi connectivity index (χ0n) is 31.0. The van der Waals surface area contributed by atoms with Crippen LogP contribution in [0, 0.1) is 0 Å². The lowest BCUT2D eigenvalue weighted by Gasteiger charge is -2.22. The SMILES string of the molecule is CCCc1nc(C(C)(C)O)c(C(=O)NC(Cc2ccccc2)C(=O)OCCCCC(C)ON(O)O)n1Cc1ccc(-c2ccccc2-c2nn[nH]n2)cc1. The summed E-state index contributed by atoms with van der Waals surface area (Å²) in [6.45, 7) is 7.26. The number of unbranched alkanes of at least 4 members (excludes halogenated alkanes) is 1. The first kappa shape index (κ1) is 39.9. The van der Waals surface area contributed by atoms with Crippen molar-refractivity contribution in [2.75, 3.05) is 6.61 Å². The number of carbonyl (C=O) groups is 2. The average Bonchev–Trinajstić information content (AvgIpc) is 3.81. The monoisotopic (exact) mass is 740 g/mol. The number of nitrogens with one attached hydrogen (secondary N) is 2. The van der Waals surface area contributed by atoms with Gasteiger partial charge in [0.25, 0.3) is 5.91 Å². The number of imidazole rings is 1. The van der Waals surface area contributed by atoms with E-state index in [9.17, 15) is 14.7 Å². The van der Waals surface area contributed by atoms with Gasteiger partial charge in [-0.3, -0.25) is 15.2 Å².